The van der Waals surface area contributed by atoms with Gasteiger partial charge in [-0.15, -0.1) is 0 Å². The minimum absolute atomic E-state index is 0.00712. The molecular weight excluding hydrogens is 322 g/mol. The number of amides is 2. The zero-order valence-corrected chi connectivity index (χ0v) is 14.0. The topological polar surface area (TPSA) is 101 Å². The molecule has 130 valence electrons. The maximum Gasteiger partial charge on any atom is 0.269 e. The zero-order chi connectivity index (χ0) is 18.4. The van der Waals surface area contributed by atoms with Crippen LogP contribution < -0.4 is 10.6 Å². The summed E-state index contributed by atoms with van der Waals surface area (Å²) in [4.78, 5) is 33.4. The van der Waals surface area contributed by atoms with Crippen molar-refractivity contribution in [2.75, 3.05) is 5.32 Å². The van der Waals surface area contributed by atoms with Crippen molar-refractivity contribution >= 4 is 23.2 Å². The van der Waals surface area contributed by atoms with E-state index >= 15 is 0 Å². The van der Waals surface area contributed by atoms with Gasteiger partial charge in [0, 0.05) is 24.7 Å². The Labute approximate surface area is 145 Å². The van der Waals surface area contributed by atoms with E-state index in [1.54, 1.807) is 30.3 Å². The number of hydrogen-bond donors (Lipinski definition) is 2. The van der Waals surface area contributed by atoms with Crippen molar-refractivity contribution in [3.05, 3.63) is 69.8 Å². The molecule has 7 nitrogen and oxygen atoms in total. The maximum atomic E-state index is 12.2. The summed E-state index contributed by atoms with van der Waals surface area (Å²) in [7, 11) is 0. The lowest BCUT2D eigenvalue weighted by Crippen LogP contribution is -2.28. The van der Waals surface area contributed by atoms with E-state index in [1.165, 1.54) is 19.1 Å². The van der Waals surface area contributed by atoms with E-state index in [2.05, 4.69) is 10.6 Å². The van der Waals surface area contributed by atoms with Crippen LogP contribution in [-0.4, -0.2) is 16.7 Å². The normalized spacial score (nSPS) is 11.4. The monoisotopic (exact) mass is 341 g/mol. The Bertz CT molecular complexity index is 787. The molecule has 0 saturated heterocycles. The van der Waals surface area contributed by atoms with Crippen molar-refractivity contribution in [2.24, 2.45) is 0 Å². The molecule has 0 fully saturated rings. The summed E-state index contributed by atoms with van der Waals surface area (Å²) in [5.41, 5.74) is 2.22. The molecule has 0 aromatic heterocycles. The molecule has 0 aliphatic heterocycles. The summed E-state index contributed by atoms with van der Waals surface area (Å²) in [6.07, 6.45) is 0.133. The first-order valence-electron chi connectivity index (χ1n) is 7.75. The van der Waals surface area contributed by atoms with Gasteiger partial charge >= 0.3 is 0 Å². The summed E-state index contributed by atoms with van der Waals surface area (Å²) in [5, 5.41) is 16.2. The number of carbonyl (C=O) groups excluding carboxylic acids is 2. The highest BCUT2D eigenvalue weighted by Gasteiger charge is 2.12. The van der Waals surface area contributed by atoms with Gasteiger partial charge in [-0.25, -0.2) is 0 Å². The SMILES string of the molecule is CC(=O)Nc1cccc(C(C)NC(=O)Cc2ccc([N+](=O)[O-])cc2)c1. The fraction of sp³-hybridized carbons (Fsp3) is 0.222. The molecule has 0 heterocycles. The van der Waals surface area contributed by atoms with E-state index in [9.17, 15) is 19.7 Å². The first-order valence-corrected chi connectivity index (χ1v) is 7.75. The molecule has 2 aromatic carbocycles. The van der Waals surface area contributed by atoms with Crippen LogP contribution in [0.5, 0.6) is 0 Å². The zero-order valence-electron chi connectivity index (χ0n) is 14.0. The van der Waals surface area contributed by atoms with Gasteiger partial charge in [-0.3, -0.25) is 19.7 Å². The van der Waals surface area contributed by atoms with Crippen LogP contribution in [0.25, 0.3) is 0 Å². The molecule has 0 aliphatic rings. The van der Waals surface area contributed by atoms with Gasteiger partial charge < -0.3 is 10.6 Å². The standard InChI is InChI=1S/C18H19N3O4/c1-12(15-4-3-5-16(11-15)20-13(2)22)19-18(23)10-14-6-8-17(9-7-14)21(24)25/h3-9,11-12H,10H2,1-2H3,(H,19,23)(H,20,22). The van der Waals surface area contributed by atoms with Crippen LogP contribution in [-0.2, 0) is 16.0 Å². The Morgan fingerprint density at radius 3 is 2.44 bits per heavy atom. The van der Waals surface area contributed by atoms with Crippen LogP contribution in [0.4, 0.5) is 11.4 Å². The summed E-state index contributed by atoms with van der Waals surface area (Å²) < 4.78 is 0. The third-order valence-electron chi connectivity index (χ3n) is 3.60. The van der Waals surface area contributed by atoms with Gasteiger partial charge in [0.1, 0.15) is 0 Å². The fourth-order valence-electron chi connectivity index (χ4n) is 2.39. The third-order valence-corrected chi connectivity index (χ3v) is 3.60. The van der Waals surface area contributed by atoms with E-state index in [-0.39, 0.29) is 30.0 Å². The molecular formula is C18H19N3O4. The molecule has 0 radical (unpaired) electrons. The Hall–Kier alpha value is -3.22. The van der Waals surface area contributed by atoms with Crippen molar-refractivity contribution in [1.82, 2.24) is 5.32 Å². The minimum atomic E-state index is -0.478. The molecule has 0 bridgehead atoms. The molecule has 25 heavy (non-hydrogen) atoms. The second-order valence-electron chi connectivity index (χ2n) is 5.70. The van der Waals surface area contributed by atoms with Crippen molar-refractivity contribution in [2.45, 2.75) is 26.3 Å². The molecule has 0 aliphatic carbocycles. The number of nitro groups is 1. The largest absolute Gasteiger partial charge is 0.349 e. The number of nitrogens with one attached hydrogen (secondary N) is 2. The van der Waals surface area contributed by atoms with E-state index in [0.717, 1.165) is 5.56 Å². The number of benzene rings is 2. The van der Waals surface area contributed by atoms with Gasteiger partial charge in [-0.2, -0.15) is 0 Å². The minimum Gasteiger partial charge on any atom is -0.349 e. The lowest BCUT2D eigenvalue weighted by atomic mass is 10.1. The Kier molecular flexibility index (Phi) is 5.84. The molecule has 2 amide bonds. The van der Waals surface area contributed by atoms with Gasteiger partial charge in [0.15, 0.2) is 0 Å². The Morgan fingerprint density at radius 1 is 1.16 bits per heavy atom. The smallest absolute Gasteiger partial charge is 0.269 e. The molecule has 1 atom stereocenters. The second kappa shape index (κ2) is 8.05. The number of carbonyl (C=O) groups is 2. The molecule has 7 heteroatoms. The highest BCUT2D eigenvalue weighted by molar-refractivity contribution is 5.88. The van der Waals surface area contributed by atoms with E-state index in [0.29, 0.717) is 11.3 Å². The summed E-state index contributed by atoms with van der Waals surface area (Å²) >= 11 is 0. The second-order valence-corrected chi connectivity index (χ2v) is 5.70. The average Bonchev–Trinajstić information content (AvgIpc) is 2.54. The van der Waals surface area contributed by atoms with Crippen molar-refractivity contribution in [1.29, 1.82) is 0 Å². The number of non-ortho nitro benzene ring substituents is 1. The Morgan fingerprint density at radius 2 is 1.84 bits per heavy atom. The molecule has 2 N–H and O–H groups in total. The lowest BCUT2D eigenvalue weighted by molar-refractivity contribution is -0.384. The van der Waals surface area contributed by atoms with Crippen LogP contribution in [0.3, 0.4) is 0 Å². The predicted octanol–water partition coefficient (Wildman–Crippen LogP) is 2.97. The van der Waals surface area contributed by atoms with Gasteiger partial charge in [0.05, 0.1) is 17.4 Å². The van der Waals surface area contributed by atoms with Gasteiger partial charge in [-0.1, -0.05) is 24.3 Å². The third kappa shape index (κ3) is 5.42. The quantitative estimate of drug-likeness (QED) is 0.623. The van der Waals surface area contributed by atoms with Gasteiger partial charge in [0.2, 0.25) is 11.8 Å². The average molecular weight is 341 g/mol. The van der Waals surface area contributed by atoms with Crippen LogP contribution in [0.1, 0.15) is 31.0 Å². The maximum absolute atomic E-state index is 12.2. The van der Waals surface area contributed by atoms with Crippen LogP contribution in [0.15, 0.2) is 48.5 Å². The summed E-state index contributed by atoms with van der Waals surface area (Å²) in [6.45, 7) is 3.28. The summed E-state index contributed by atoms with van der Waals surface area (Å²) in [5.74, 6) is -0.349. The van der Waals surface area contributed by atoms with Crippen LogP contribution >= 0.6 is 0 Å². The first kappa shape index (κ1) is 18.1. The Balaban J connectivity index is 1.97. The lowest BCUT2D eigenvalue weighted by Gasteiger charge is -2.15. The molecule has 2 rings (SSSR count). The van der Waals surface area contributed by atoms with E-state index in [1.807, 2.05) is 13.0 Å². The number of nitro benzene ring substituents is 1. The van der Waals surface area contributed by atoms with Gasteiger partial charge in [0.25, 0.3) is 5.69 Å². The summed E-state index contributed by atoms with van der Waals surface area (Å²) in [6, 6.07) is 12.9. The first-order chi connectivity index (χ1) is 11.8. The molecule has 1 unspecified atom stereocenters. The van der Waals surface area contributed by atoms with Crippen LogP contribution in [0, 0.1) is 10.1 Å². The van der Waals surface area contributed by atoms with Crippen LogP contribution in [0.2, 0.25) is 0 Å². The highest BCUT2D eigenvalue weighted by atomic mass is 16.6. The number of nitrogens with zero attached hydrogens (tertiary/aromatic N) is 1. The molecule has 0 saturated carbocycles. The number of hydrogen-bond acceptors (Lipinski definition) is 4. The van der Waals surface area contributed by atoms with Gasteiger partial charge in [-0.05, 0) is 30.2 Å². The fourth-order valence-corrected chi connectivity index (χ4v) is 2.39. The van der Waals surface area contributed by atoms with Crippen molar-refractivity contribution in [3.8, 4) is 0 Å². The number of anilines is 1. The highest BCUT2D eigenvalue weighted by Crippen LogP contribution is 2.18. The number of rotatable bonds is 6. The molecule has 0 spiro atoms. The van der Waals surface area contributed by atoms with Crippen molar-refractivity contribution in [3.63, 3.8) is 0 Å². The van der Waals surface area contributed by atoms with E-state index in [4.69, 9.17) is 0 Å². The van der Waals surface area contributed by atoms with Crippen molar-refractivity contribution < 1.29 is 14.5 Å². The molecule has 2 aromatic rings. The predicted molar refractivity (Wildman–Crippen MR) is 94.1 cm³/mol. The van der Waals surface area contributed by atoms with E-state index < -0.39 is 4.92 Å².